The second-order valence-corrected chi connectivity index (χ2v) is 8.10. The standard InChI is InChI=1S/C26H22N4O3S/c31-23(17-33-20-7-2-1-3-8-20)28-18-11-13-19(14-12-18)30-25(22-10-6-16-32-22)24(29-26(30)34)21-9-4-5-15-27-21/h1-16,24-25H,17H2,(H,28,31)(H,29,34)/t24-,25+/m1/s1. The normalized spacial score (nSPS) is 17.3. The average molecular weight is 471 g/mol. The molecule has 0 aliphatic carbocycles. The second kappa shape index (κ2) is 9.76. The summed E-state index contributed by atoms with van der Waals surface area (Å²) in [6.07, 6.45) is 3.42. The molecule has 2 aromatic heterocycles. The van der Waals surface area contributed by atoms with Crippen LogP contribution in [0.25, 0.3) is 0 Å². The predicted molar refractivity (Wildman–Crippen MR) is 134 cm³/mol. The number of benzene rings is 2. The molecule has 2 N–H and O–H groups in total. The molecule has 34 heavy (non-hydrogen) atoms. The molecule has 0 saturated carbocycles. The summed E-state index contributed by atoms with van der Waals surface area (Å²) in [4.78, 5) is 18.8. The van der Waals surface area contributed by atoms with E-state index in [1.165, 1.54) is 0 Å². The fraction of sp³-hybridized carbons (Fsp3) is 0.115. The van der Waals surface area contributed by atoms with Crippen LogP contribution in [0, 0.1) is 0 Å². The summed E-state index contributed by atoms with van der Waals surface area (Å²) in [5.74, 6) is 1.19. The molecule has 4 aromatic rings. The minimum absolute atomic E-state index is 0.0712. The van der Waals surface area contributed by atoms with Gasteiger partial charge in [0.2, 0.25) is 0 Å². The molecule has 1 fully saturated rings. The van der Waals surface area contributed by atoms with Crippen LogP contribution in [-0.4, -0.2) is 22.6 Å². The molecule has 0 unspecified atom stereocenters. The maximum absolute atomic E-state index is 12.3. The number of para-hydroxylation sites is 1. The van der Waals surface area contributed by atoms with Crippen molar-refractivity contribution in [3.05, 3.63) is 109 Å². The Kier molecular flexibility index (Phi) is 6.22. The van der Waals surface area contributed by atoms with Crippen LogP contribution in [0.5, 0.6) is 5.75 Å². The van der Waals surface area contributed by atoms with Gasteiger partial charge in [-0.1, -0.05) is 24.3 Å². The van der Waals surface area contributed by atoms with Crippen molar-refractivity contribution in [2.24, 2.45) is 0 Å². The number of amides is 1. The summed E-state index contributed by atoms with van der Waals surface area (Å²) in [6, 6.07) is 26.0. The summed E-state index contributed by atoms with van der Waals surface area (Å²) in [5, 5.41) is 6.81. The Bertz CT molecular complexity index is 1250. The van der Waals surface area contributed by atoms with E-state index in [1.54, 1.807) is 12.5 Å². The van der Waals surface area contributed by atoms with Crippen LogP contribution < -0.4 is 20.3 Å². The summed E-state index contributed by atoms with van der Waals surface area (Å²) < 4.78 is 11.3. The van der Waals surface area contributed by atoms with Gasteiger partial charge in [-0.25, -0.2) is 0 Å². The van der Waals surface area contributed by atoms with E-state index in [4.69, 9.17) is 21.4 Å². The molecule has 1 aliphatic heterocycles. The molecule has 170 valence electrons. The molecule has 3 heterocycles. The summed E-state index contributed by atoms with van der Waals surface area (Å²) >= 11 is 5.69. The number of furan rings is 1. The van der Waals surface area contributed by atoms with Crippen LogP contribution in [0.1, 0.15) is 23.5 Å². The first kappa shape index (κ1) is 21.7. The van der Waals surface area contributed by atoms with Crippen LogP contribution in [-0.2, 0) is 4.79 Å². The number of rotatable bonds is 7. The molecule has 0 spiro atoms. The third-order valence-electron chi connectivity index (χ3n) is 5.48. The van der Waals surface area contributed by atoms with Crippen molar-refractivity contribution in [3.8, 4) is 5.75 Å². The number of anilines is 2. The van der Waals surface area contributed by atoms with E-state index in [9.17, 15) is 4.79 Å². The van der Waals surface area contributed by atoms with Crippen LogP contribution in [0.3, 0.4) is 0 Å². The number of hydrogen-bond acceptors (Lipinski definition) is 5. The summed E-state index contributed by atoms with van der Waals surface area (Å²) in [7, 11) is 0. The van der Waals surface area contributed by atoms with Gasteiger partial charge in [0, 0.05) is 17.6 Å². The van der Waals surface area contributed by atoms with Crippen molar-refractivity contribution in [3.63, 3.8) is 0 Å². The molecule has 0 bridgehead atoms. The largest absolute Gasteiger partial charge is 0.484 e. The van der Waals surface area contributed by atoms with E-state index in [-0.39, 0.29) is 24.6 Å². The maximum Gasteiger partial charge on any atom is 0.262 e. The van der Waals surface area contributed by atoms with E-state index < -0.39 is 0 Å². The van der Waals surface area contributed by atoms with Crippen LogP contribution in [0.4, 0.5) is 11.4 Å². The number of ether oxygens (including phenoxy) is 1. The third-order valence-corrected chi connectivity index (χ3v) is 5.79. The van der Waals surface area contributed by atoms with Crippen LogP contribution >= 0.6 is 12.2 Å². The third kappa shape index (κ3) is 4.62. The van der Waals surface area contributed by atoms with Gasteiger partial charge in [0.15, 0.2) is 11.7 Å². The first-order valence-electron chi connectivity index (χ1n) is 10.8. The van der Waals surface area contributed by atoms with E-state index in [0.717, 1.165) is 17.1 Å². The van der Waals surface area contributed by atoms with Crippen molar-refractivity contribution in [2.45, 2.75) is 12.1 Å². The minimum Gasteiger partial charge on any atom is -0.484 e. The molecule has 1 aliphatic rings. The molecule has 1 amide bonds. The number of hydrogen-bond donors (Lipinski definition) is 2. The van der Waals surface area contributed by atoms with Gasteiger partial charge in [-0.3, -0.25) is 9.78 Å². The molecule has 8 heteroatoms. The smallest absolute Gasteiger partial charge is 0.262 e. The number of thiocarbonyl (C=S) groups is 1. The van der Waals surface area contributed by atoms with Crippen molar-refractivity contribution in [1.29, 1.82) is 0 Å². The Hall–Kier alpha value is -4.17. The summed E-state index contributed by atoms with van der Waals surface area (Å²) in [5.41, 5.74) is 2.41. The molecular weight excluding hydrogens is 448 g/mol. The lowest BCUT2D eigenvalue weighted by Gasteiger charge is -2.26. The van der Waals surface area contributed by atoms with Gasteiger partial charge in [0.25, 0.3) is 5.91 Å². The van der Waals surface area contributed by atoms with Crippen molar-refractivity contribution < 1.29 is 13.9 Å². The van der Waals surface area contributed by atoms with Gasteiger partial charge in [0.1, 0.15) is 17.6 Å². The van der Waals surface area contributed by atoms with Crippen molar-refractivity contribution in [2.75, 3.05) is 16.8 Å². The molecular formula is C26H22N4O3S. The van der Waals surface area contributed by atoms with Crippen LogP contribution in [0.15, 0.2) is 102 Å². The zero-order valence-electron chi connectivity index (χ0n) is 18.1. The van der Waals surface area contributed by atoms with Gasteiger partial charge in [-0.2, -0.15) is 0 Å². The Balaban J connectivity index is 1.32. The first-order valence-corrected chi connectivity index (χ1v) is 11.2. The molecule has 7 nitrogen and oxygen atoms in total. The Morgan fingerprint density at radius 2 is 1.82 bits per heavy atom. The van der Waals surface area contributed by atoms with E-state index in [1.807, 2.05) is 89.8 Å². The lowest BCUT2D eigenvalue weighted by Crippen LogP contribution is -2.29. The fourth-order valence-electron chi connectivity index (χ4n) is 3.95. The number of nitrogens with one attached hydrogen (secondary N) is 2. The van der Waals surface area contributed by atoms with E-state index >= 15 is 0 Å². The SMILES string of the molecule is O=C(COc1ccccc1)Nc1ccc(N2C(=S)N[C@H](c3ccccn3)[C@@H]2c2ccco2)cc1. The molecule has 1 saturated heterocycles. The Labute approximate surface area is 202 Å². The second-order valence-electron chi connectivity index (χ2n) is 7.71. The Morgan fingerprint density at radius 3 is 2.53 bits per heavy atom. The lowest BCUT2D eigenvalue weighted by atomic mass is 10.0. The zero-order chi connectivity index (χ0) is 23.3. The average Bonchev–Trinajstić information content (AvgIpc) is 3.52. The minimum atomic E-state index is -0.237. The highest BCUT2D eigenvalue weighted by Crippen LogP contribution is 2.41. The lowest BCUT2D eigenvalue weighted by molar-refractivity contribution is -0.118. The first-order chi connectivity index (χ1) is 16.7. The number of carbonyl (C=O) groups is 1. The van der Waals surface area contributed by atoms with E-state index in [0.29, 0.717) is 16.5 Å². The number of pyridine rings is 1. The quantitative estimate of drug-likeness (QED) is 0.373. The molecule has 0 radical (unpaired) electrons. The van der Waals surface area contributed by atoms with Gasteiger partial charge in [0.05, 0.1) is 18.0 Å². The number of carbonyl (C=O) groups excluding carboxylic acids is 1. The fourth-order valence-corrected chi connectivity index (χ4v) is 4.30. The summed E-state index contributed by atoms with van der Waals surface area (Å²) in [6.45, 7) is -0.0712. The zero-order valence-corrected chi connectivity index (χ0v) is 18.9. The highest BCUT2D eigenvalue weighted by molar-refractivity contribution is 7.80. The molecule has 5 rings (SSSR count). The van der Waals surface area contributed by atoms with Gasteiger partial charge < -0.3 is 24.7 Å². The monoisotopic (exact) mass is 470 g/mol. The Morgan fingerprint density at radius 1 is 1.03 bits per heavy atom. The topological polar surface area (TPSA) is 79.6 Å². The molecule has 2 atom stereocenters. The van der Waals surface area contributed by atoms with Gasteiger partial charge in [-0.05, 0) is 72.9 Å². The highest BCUT2D eigenvalue weighted by Gasteiger charge is 2.42. The van der Waals surface area contributed by atoms with Gasteiger partial charge in [-0.15, -0.1) is 0 Å². The van der Waals surface area contributed by atoms with Crippen molar-refractivity contribution >= 4 is 34.6 Å². The van der Waals surface area contributed by atoms with Gasteiger partial charge >= 0.3 is 0 Å². The maximum atomic E-state index is 12.3. The highest BCUT2D eigenvalue weighted by atomic mass is 32.1. The van der Waals surface area contributed by atoms with E-state index in [2.05, 4.69) is 15.6 Å². The number of nitrogens with zero attached hydrogens (tertiary/aromatic N) is 2. The predicted octanol–water partition coefficient (Wildman–Crippen LogP) is 4.87. The van der Waals surface area contributed by atoms with Crippen LogP contribution in [0.2, 0.25) is 0 Å². The number of aromatic nitrogens is 1. The van der Waals surface area contributed by atoms with Crippen molar-refractivity contribution in [1.82, 2.24) is 10.3 Å². The molecule has 2 aromatic carbocycles.